The summed E-state index contributed by atoms with van der Waals surface area (Å²) in [4.78, 5) is 23.5. The number of benzene rings is 1. The quantitative estimate of drug-likeness (QED) is 0.755. The van der Waals surface area contributed by atoms with Crippen LogP contribution in [0.1, 0.15) is 38.2 Å². The molecule has 2 rings (SSSR count). The molecule has 5 heteroatoms. The molecule has 0 unspecified atom stereocenters. The van der Waals surface area contributed by atoms with Crippen molar-refractivity contribution in [2.75, 3.05) is 6.61 Å². The maximum atomic E-state index is 12.4. The molecule has 1 aromatic carbocycles. The highest BCUT2D eigenvalue weighted by Gasteiger charge is 2.26. The number of ether oxygens (including phenoxy) is 1. The number of hydrogen-bond donors (Lipinski definition) is 2. The second kappa shape index (κ2) is 9.11. The van der Waals surface area contributed by atoms with E-state index in [0.717, 1.165) is 37.0 Å². The molecule has 1 aliphatic rings. The first-order valence-electron chi connectivity index (χ1n) is 8.46. The highest BCUT2D eigenvalue weighted by molar-refractivity contribution is 5.79. The van der Waals surface area contributed by atoms with E-state index in [9.17, 15) is 9.59 Å². The van der Waals surface area contributed by atoms with Gasteiger partial charge in [-0.1, -0.05) is 30.9 Å². The summed E-state index contributed by atoms with van der Waals surface area (Å²) in [6, 6.07) is 7.89. The molecule has 0 saturated heterocycles. The topological polar surface area (TPSA) is 67.4 Å². The van der Waals surface area contributed by atoms with Crippen LogP contribution in [0.3, 0.4) is 0 Å². The van der Waals surface area contributed by atoms with E-state index in [2.05, 4.69) is 17.2 Å². The molecule has 0 atom stereocenters. The lowest BCUT2D eigenvalue weighted by Gasteiger charge is -2.28. The average Bonchev–Trinajstić information content (AvgIpc) is 2.58. The first-order chi connectivity index (χ1) is 11.6. The van der Waals surface area contributed by atoms with Crippen LogP contribution in [-0.4, -0.2) is 24.5 Å². The van der Waals surface area contributed by atoms with Gasteiger partial charge in [-0.15, -0.1) is 0 Å². The van der Waals surface area contributed by atoms with Crippen LogP contribution in [0.2, 0.25) is 0 Å². The Morgan fingerprint density at radius 2 is 1.96 bits per heavy atom. The van der Waals surface area contributed by atoms with Gasteiger partial charge in [-0.2, -0.15) is 0 Å². The van der Waals surface area contributed by atoms with Crippen molar-refractivity contribution in [1.82, 2.24) is 10.6 Å². The van der Waals surface area contributed by atoms with Crippen molar-refractivity contribution in [3.05, 3.63) is 42.5 Å². The highest BCUT2D eigenvalue weighted by atomic mass is 16.5. The van der Waals surface area contributed by atoms with Crippen LogP contribution in [0.4, 0.5) is 0 Å². The minimum absolute atomic E-state index is 0.000896. The van der Waals surface area contributed by atoms with Crippen LogP contribution < -0.4 is 15.4 Å². The highest BCUT2D eigenvalue weighted by Crippen LogP contribution is 2.25. The monoisotopic (exact) mass is 330 g/mol. The fourth-order valence-electron chi connectivity index (χ4n) is 3.05. The van der Waals surface area contributed by atoms with Gasteiger partial charge >= 0.3 is 0 Å². The fraction of sp³-hybridized carbons (Fsp3) is 0.474. The number of amides is 2. The number of rotatable bonds is 7. The Hall–Kier alpha value is -2.30. The van der Waals surface area contributed by atoms with Crippen LogP contribution in [0.25, 0.3) is 0 Å². The van der Waals surface area contributed by atoms with Gasteiger partial charge in [0.2, 0.25) is 11.8 Å². The Labute approximate surface area is 143 Å². The first-order valence-corrected chi connectivity index (χ1v) is 8.46. The third-order valence-electron chi connectivity index (χ3n) is 4.29. The molecular weight excluding hydrogens is 304 g/mol. The Morgan fingerprint density at radius 1 is 1.25 bits per heavy atom. The van der Waals surface area contributed by atoms with Crippen molar-refractivity contribution in [2.45, 2.75) is 45.2 Å². The van der Waals surface area contributed by atoms with E-state index < -0.39 is 0 Å². The summed E-state index contributed by atoms with van der Waals surface area (Å²) in [6.07, 6.45) is 5.03. The van der Waals surface area contributed by atoms with Gasteiger partial charge in [0.1, 0.15) is 12.4 Å². The lowest BCUT2D eigenvalue weighted by Crippen LogP contribution is -2.40. The van der Waals surface area contributed by atoms with Gasteiger partial charge in [0.15, 0.2) is 0 Å². The molecule has 130 valence electrons. The predicted molar refractivity (Wildman–Crippen MR) is 93.5 cm³/mol. The second-order valence-electron chi connectivity index (χ2n) is 6.17. The minimum atomic E-state index is -0.000896. The van der Waals surface area contributed by atoms with Crippen molar-refractivity contribution in [3.63, 3.8) is 0 Å². The molecule has 1 saturated carbocycles. The van der Waals surface area contributed by atoms with Gasteiger partial charge in [0.05, 0.1) is 0 Å². The van der Waals surface area contributed by atoms with Crippen molar-refractivity contribution in [1.29, 1.82) is 0 Å². The molecule has 0 bridgehead atoms. The molecule has 24 heavy (non-hydrogen) atoms. The molecule has 5 nitrogen and oxygen atoms in total. The normalized spacial score (nSPS) is 20.0. The first kappa shape index (κ1) is 18.0. The van der Waals surface area contributed by atoms with E-state index in [4.69, 9.17) is 4.74 Å². The Bertz CT molecular complexity index is 578. The van der Waals surface area contributed by atoms with Gasteiger partial charge < -0.3 is 15.4 Å². The fourth-order valence-corrected chi connectivity index (χ4v) is 3.05. The van der Waals surface area contributed by atoms with E-state index in [0.29, 0.717) is 13.2 Å². The number of para-hydroxylation sites is 1. The number of hydrogen-bond acceptors (Lipinski definition) is 3. The third kappa shape index (κ3) is 5.41. The van der Waals surface area contributed by atoms with Crippen molar-refractivity contribution >= 4 is 11.8 Å². The van der Waals surface area contributed by atoms with E-state index >= 15 is 0 Å². The lowest BCUT2D eigenvalue weighted by molar-refractivity contribution is -0.126. The van der Waals surface area contributed by atoms with Gasteiger partial charge in [-0.3, -0.25) is 9.59 Å². The van der Waals surface area contributed by atoms with E-state index in [1.165, 1.54) is 6.92 Å². The number of carbonyl (C=O) groups excluding carboxylic acids is 2. The van der Waals surface area contributed by atoms with Gasteiger partial charge in [0.25, 0.3) is 0 Å². The molecule has 1 fully saturated rings. The Kier molecular flexibility index (Phi) is 6.85. The summed E-state index contributed by atoms with van der Waals surface area (Å²) in [6.45, 7) is 6.07. The third-order valence-corrected chi connectivity index (χ3v) is 4.29. The lowest BCUT2D eigenvalue weighted by atomic mass is 9.85. The zero-order chi connectivity index (χ0) is 17.4. The van der Waals surface area contributed by atoms with Gasteiger partial charge in [0, 0.05) is 31.0 Å². The Balaban J connectivity index is 1.81. The molecule has 0 aliphatic heterocycles. The number of nitrogens with one attached hydrogen (secondary N) is 2. The maximum absolute atomic E-state index is 12.4. The van der Waals surface area contributed by atoms with Crippen LogP contribution in [-0.2, 0) is 16.1 Å². The summed E-state index contributed by atoms with van der Waals surface area (Å²) < 4.78 is 5.61. The van der Waals surface area contributed by atoms with E-state index in [1.807, 2.05) is 24.3 Å². The standard InChI is InChI=1S/C19H26N2O3/c1-3-12-24-18-7-5-4-6-16(18)13-20-19(23)15-8-10-17(11-9-15)21-14(2)22/h3-7,15,17H,1,8-13H2,2H3,(H,20,23)(H,21,22). The molecule has 0 heterocycles. The molecule has 0 spiro atoms. The van der Waals surface area contributed by atoms with Crippen molar-refractivity contribution in [2.24, 2.45) is 5.92 Å². The molecule has 0 aromatic heterocycles. The maximum Gasteiger partial charge on any atom is 0.223 e. The van der Waals surface area contributed by atoms with Crippen LogP contribution in [0, 0.1) is 5.92 Å². The van der Waals surface area contributed by atoms with E-state index in [-0.39, 0.29) is 23.8 Å². The molecule has 1 aromatic rings. The van der Waals surface area contributed by atoms with Crippen LogP contribution >= 0.6 is 0 Å². The second-order valence-corrected chi connectivity index (χ2v) is 6.17. The molecule has 0 radical (unpaired) electrons. The average molecular weight is 330 g/mol. The molecule has 2 N–H and O–H groups in total. The van der Waals surface area contributed by atoms with Crippen LogP contribution in [0.15, 0.2) is 36.9 Å². The van der Waals surface area contributed by atoms with Crippen molar-refractivity contribution in [3.8, 4) is 5.75 Å². The van der Waals surface area contributed by atoms with E-state index in [1.54, 1.807) is 6.08 Å². The minimum Gasteiger partial charge on any atom is -0.489 e. The van der Waals surface area contributed by atoms with Gasteiger partial charge in [-0.05, 0) is 31.7 Å². The number of carbonyl (C=O) groups is 2. The molecule has 2 amide bonds. The van der Waals surface area contributed by atoms with Gasteiger partial charge in [-0.25, -0.2) is 0 Å². The summed E-state index contributed by atoms with van der Waals surface area (Å²) in [5.74, 6) is 0.872. The molecular formula is C19H26N2O3. The van der Waals surface area contributed by atoms with Crippen molar-refractivity contribution < 1.29 is 14.3 Å². The summed E-state index contributed by atoms with van der Waals surface area (Å²) in [7, 11) is 0. The summed E-state index contributed by atoms with van der Waals surface area (Å²) in [5, 5.41) is 5.94. The Morgan fingerprint density at radius 3 is 2.62 bits per heavy atom. The molecule has 1 aliphatic carbocycles. The smallest absolute Gasteiger partial charge is 0.223 e. The predicted octanol–water partition coefficient (Wildman–Crippen LogP) is 2.56. The zero-order valence-corrected chi connectivity index (χ0v) is 14.2. The largest absolute Gasteiger partial charge is 0.489 e. The SMILES string of the molecule is C=CCOc1ccccc1CNC(=O)C1CCC(NC(C)=O)CC1. The zero-order valence-electron chi connectivity index (χ0n) is 14.2. The summed E-state index contributed by atoms with van der Waals surface area (Å²) >= 11 is 0. The summed E-state index contributed by atoms with van der Waals surface area (Å²) in [5.41, 5.74) is 0.958. The van der Waals surface area contributed by atoms with Crippen LogP contribution in [0.5, 0.6) is 5.75 Å².